The summed E-state index contributed by atoms with van der Waals surface area (Å²) in [6.07, 6.45) is 0.677. The molecule has 0 fully saturated rings. The number of fused-ring (bicyclic) bond motifs is 1. The van der Waals surface area contributed by atoms with E-state index in [4.69, 9.17) is 0 Å². The Morgan fingerprint density at radius 1 is 1.19 bits per heavy atom. The topological polar surface area (TPSA) is 49.3 Å². The van der Waals surface area contributed by atoms with Crippen molar-refractivity contribution in [3.05, 3.63) is 65.2 Å². The van der Waals surface area contributed by atoms with Gasteiger partial charge in [-0.2, -0.15) is 0 Å². The first-order chi connectivity index (χ1) is 10.0. The third-order valence-electron chi connectivity index (χ3n) is 3.88. The van der Waals surface area contributed by atoms with Crippen LogP contribution in [0, 0.1) is 11.6 Å². The quantitative estimate of drug-likeness (QED) is 0.911. The molecule has 5 heteroatoms. The van der Waals surface area contributed by atoms with E-state index in [1.807, 2.05) is 0 Å². The van der Waals surface area contributed by atoms with Crippen molar-refractivity contribution < 1.29 is 18.7 Å². The van der Waals surface area contributed by atoms with Crippen LogP contribution in [-0.2, 0) is 16.8 Å². The van der Waals surface area contributed by atoms with Crippen LogP contribution in [0.3, 0.4) is 0 Å². The molecule has 2 N–H and O–H groups in total. The molecule has 2 aromatic rings. The summed E-state index contributed by atoms with van der Waals surface area (Å²) in [5.41, 5.74) is -0.177. The highest BCUT2D eigenvalue weighted by molar-refractivity contribution is 5.86. The van der Waals surface area contributed by atoms with Crippen molar-refractivity contribution in [2.24, 2.45) is 0 Å². The van der Waals surface area contributed by atoms with E-state index < -0.39 is 23.1 Å². The maximum absolute atomic E-state index is 13.8. The Kier molecular flexibility index (Phi) is 3.12. The molecular formula is C16H13F2NO2. The molecule has 3 rings (SSSR count). The first-order valence-corrected chi connectivity index (χ1v) is 6.58. The Morgan fingerprint density at radius 3 is 2.67 bits per heavy atom. The molecule has 21 heavy (non-hydrogen) atoms. The van der Waals surface area contributed by atoms with E-state index in [0.29, 0.717) is 17.5 Å². The summed E-state index contributed by atoms with van der Waals surface area (Å²) in [7, 11) is 0. The van der Waals surface area contributed by atoms with Crippen molar-refractivity contribution in [2.75, 3.05) is 5.32 Å². The Morgan fingerprint density at radius 2 is 1.95 bits per heavy atom. The fourth-order valence-corrected chi connectivity index (χ4v) is 2.84. The molecule has 1 unspecified atom stereocenters. The van der Waals surface area contributed by atoms with Crippen molar-refractivity contribution in [3.63, 3.8) is 0 Å². The molecule has 0 aliphatic heterocycles. The standard InChI is InChI=1S/C16H13F2NO2/c17-11-5-6-12-10(9-11)7-8-16(12,15(20)21)19-14-4-2-1-3-13(14)18/h1-6,9,19H,7-8H2,(H,20,21). The van der Waals surface area contributed by atoms with Crippen LogP contribution in [0.15, 0.2) is 42.5 Å². The van der Waals surface area contributed by atoms with Gasteiger partial charge < -0.3 is 10.4 Å². The number of aliphatic carboxylic acids is 1. The van der Waals surface area contributed by atoms with E-state index in [0.717, 1.165) is 0 Å². The number of carboxylic acid groups (broad SMARTS) is 1. The molecule has 1 aliphatic rings. The van der Waals surface area contributed by atoms with Crippen molar-refractivity contribution in [3.8, 4) is 0 Å². The minimum absolute atomic E-state index is 0.122. The third kappa shape index (κ3) is 2.14. The minimum atomic E-state index is -1.43. The Labute approximate surface area is 120 Å². The number of benzene rings is 2. The molecule has 0 radical (unpaired) electrons. The zero-order chi connectivity index (χ0) is 15.0. The monoisotopic (exact) mass is 289 g/mol. The lowest BCUT2D eigenvalue weighted by Crippen LogP contribution is -2.41. The van der Waals surface area contributed by atoms with Gasteiger partial charge in [0.15, 0.2) is 5.54 Å². The lowest BCUT2D eigenvalue weighted by Gasteiger charge is -2.28. The number of carbonyl (C=O) groups is 1. The van der Waals surface area contributed by atoms with Crippen LogP contribution in [0.25, 0.3) is 0 Å². The predicted octanol–water partition coefficient (Wildman–Crippen LogP) is 3.30. The Bertz CT molecular complexity index is 717. The molecule has 1 aliphatic carbocycles. The Hall–Kier alpha value is -2.43. The van der Waals surface area contributed by atoms with E-state index in [9.17, 15) is 18.7 Å². The van der Waals surface area contributed by atoms with E-state index in [2.05, 4.69) is 5.32 Å². The number of aryl methyl sites for hydroxylation is 1. The van der Waals surface area contributed by atoms with E-state index in [-0.39, 0.29) is 12.1 Å². The van der Waals surface area contributed by atoms with Crippen LogP contribution in [0.2, 0.25) is 0 Å². The number of rotatable bonds is 3. The first kappa shape index (κ1) is 13.5. The highest BCUT2D eigenvalue weighted by Gasteiger charge is 2.46. The molecule has 0 spiro atoms. The number of hydrogen-bond acceptors (Lipinski definition) is 2. The predicted molar refractivity (Wildman–Crippen MR) is 74.1 cm³/mol. The molecule has 3 nitrogen and oxygen atoms in total. The number of halogens is 2. The number of hydrogen-bond donors (Lipinski definition) is 2. The van der Waals surface area contributed by atoms with Gasteiger partial charge in [0.25, 0.3) is 0 Å². The van der Waals surface area contributed by atoms with Crippen LogP contribution in [0.4, 0.5) is 14.5 Å². The molecule has 0 bridgehead atoms. The molecule has 0 heterocycles. The molecule has 2 aromatic carbocycles. The van der Waals surface area contributed by atoms with Crippen molar-refractivity contribution in [1.82, 2.24) is 0 Å². The summed E-state index contributed by atoms with van der Waals surface area (Å²) in [6, 6.07) is 9.93. The number of anilines is 1. The zero-order valence-corrected chi connectivity index (χ0v) is 11.1. The normalized spacial score (nSPS) is 20.1. The van der Waals surface area contributed by atoms with E-state index in [1.54, 1.807) is 6.07 Å². The lowest BCUT2D eigenvalue weighted by atomic mass is 9.91. The summed E-state index contributed by atoms with van der Waals surface area (Å²) in [4.78, 5) is 11.8. The van der Waals surface area contributed by atoms with Crippen LogP contribution in [0.5, 0.6) is 0 Å². The van der Waals surface area contributed by atoms with Crippen LogP contribution < -0.4 is 5.32 Å². The van der Waals surface area contributed by atoms with Gasteiger partial charge in [0.2, 0.25) is 0 Å². The van der Waals surface area contributed by atoms with Crippen LogP contribution in [0.1, 0.15) is 17.5 Å². The van der Waals surface area contributed by atoms with Gasteiger partial charge in [0.1, 0.15) is 11.6 Å². The van der Waals surface area contributed by atoms with Crippen LogP contribution >= 0.6 is 0 Å². The lowest BCUT2D eigenvalue weighted by molar-refractivity contribution is -0.142. The second kappa shape index (κ2) is 4.84. The summed E-state index contributed by atoms with van der Waals surface area (Å²) in [5.74, 6) is -2.02. The van der Waals surface area contributed by atoms with Gasteiger partial charge in [0, 0.05) is 0 Å². The van der Waals surface area contributed by atoms with E-state index in [1.165, 1.54) is 36.4 Å². The maximum Gasteiger partial charge on any atom is 0.334 e. The van der Waals surface area contributed by atoms with Crippen LogP contribution in [-0.4, -0.2) is 11.1 Å². The van der Waals surface area contributed by atoms with Crippen molar-refractivity contribution in [2.45, 2.75) is 18.4 Å². The smallest absolute Gasteiger partial charge is 0.334 e. The molecule has 108 valence electrons. The molecule has 0 saturated carbocycles. The van der Waals surface area contributed by atoms with Gasteiger partial charge >= 0.3 is 5.97 Å². The highest BCUT2D eigenvalue weighted by atomic mass is 19.1. The summed E-state index contributed by atoms with van der Waals surface area (Å²) in [6.45, 7) is 0. The van der Waals surface area contributed by atoms with Crippen molar-refractivity contribution in [1.29, 1.82) is 0 Å². The van der Waals surface area contributed by atoms with Crippen molar-refractivity contribution >= 4 is 11.7 Å². The molecule has 0 amide bonds. The summed E-state index contributed by atoms with van der Waals surface area (Å²) < 4.78 is 27.1. The van der Waals surface area contributed by atoms with Gasteiger partial charge in [-0.25, -0.2) is 13.6 Å². The van der Waals surface area contributed by atoms with Gasteiger partial charge in [-0.05, 0) is 48.2 Å². The zero-order valence-electron chi connectivity index (χ0n) is 11.1. The van der Waals surface area contributed by atoms with Gasteiger partial charge in [-0.1, -0.05) is 18.2 Å². The largest absolute Gasteiger partial charge is 0.479 e. The van der Waals surface area contributed by atoms with E-state index >= 15 is 0 Å². The molecular weight excluding hydrogens is 276 g/mol. The van der Waals surface area contributed by atoms with Gasteiger partial charge in [0.05, 0.1) is 5.69 Å². The number of para-hydroxylation sites is 1. The highest BCUT2D eigenvalue weighted by Crippen LogP contribution is 2.40. The molecule has 0 aromatic heterocycles. The fourth-order valence-electron chi connectivity index (χ4n) is 2.84. The van der Waals surface area contributed by atoms with Gasteiger partial charge in [-0.3, -0.25) is 0 Å². The average molecular weight is 289 g/mol. The fraction of sp³-hybridized carbons (Fsp3) is 0.188. The summed E-state index contributed by atoms with van der Waals surface area (Å²) >= 11 is 0. The second-order valence-electron chi connectivity index (χ2n) is 5.12. The first-order valence-electron chi connectivity index (χ1n) is 6.58. The molecule has 0 saturated heterocycles. The average Bonchev–Trinajstić information content (AvgIpc) is 2.81. The maximum atomic E-state index is 13.8. The summed E-state index contributed by atoms with van der Waals surface area (Å²) in [5, 5.41) is 12.5. The second-order valence-corrected chi connectivity index (χ2v) is 5.12. The minimum Gasteiger partial charge on any atom is -0.479 e. The molecule has 1 atom stereocenters. The number of nitrogens with one attached hydrogen (secondary N) is 1. The third-order valence-corrected chi connectivity index (χ3v) is 3.88. The Balaban J connectivity index is 2.08. The number of carboxylic acids is 1. The SMILES string of the molecule is O=C(O)C1(Nc2ccccc2F)CCc2cc(F)ccc21. The van der Waals surface area contributed by atoms with Gasteiger partial charge in [-0.15, -0.1) is 0 Å².